The molecule has 1 aromatic carbocycles. The number of hydrogen-bond donors (Lipinski definition) is 1. The zero-order chi connectivity index (χ0) is 16.8. The molecule has 1 aromatic heterocycles. The molecule has 0 fully saturated rings. The Morgan fingerprint density at radius 1 is 1.25 bits per heavy atom. The number of pyridine rings is 1. The molecular weight excluding hydrogens is 397 g/mol. The van der Waals surface area contributed by atoms with E-state index in [0.717, 1.165) is 10.0 Å². The molecule has 24 heavy (non-hydrogen) atoms. The number of carbonyl (C=O) groups is 1. The monoisotopic (exact) mass is 417 g/mol. The predicted molar refractivity (Wildman–Crippen MR) is 93.3 cm³/mol. The maximum absolute atomic E-state index is 11.5. The second kappa shape index (κ2) is 10.8. The first-order valence-electron chi connectivity index (χ1n) is 7.52. The third-order valence-electron chi connectivity index (χ3n) is 3.39. The topological polar surface area (TPSA) is 59.4 Å². The molecule has 1 heterocycles. The summed E-state index contributed by atoms with van der Waals surface area (Å²) in [5.41, 5.74) is 1.58. The fourth-order valence-electron chi connectivity index (χ4n) is 2.29. The Bertz CT molecular complexity index is 641. The van der Waals surface area contributed by atoms with E-state index in [1.165, 1.54) is 0 Å². The first-order valence-corrected chi connectivity index (χ1v) is 8.31. The molecule has 0 saturated carbocycles. The predicted octanol–water partition coefficient (Wildman–Crippen LogP) is 1.57. The van der Waals surface area contributed by atoms with Crippen LogP contribution in [0.5, 0.6) is 0 Å². The van der Waals surface area contributed by atoms with Gasteiger partial charge in [-0.25, -0.2) is 4.79 Å². The Morgan fingerprint density at radius 3 is 2.42 bits per heavy atom. The molecule has 0 radical (unpaired) electrons. The summed E-state index contributed by atoms with van der Waals surface area (Å²) in [4.78, 5) is 15.9. The summed E-state index contributed by atoms with van der Waals surface area (Å²) in [5.74, 6) is -0.720. The van der Waals surface area contributed by atoms with Crippen molar-refractivity contribution in [3.8, 4) is 0 Å². The molecule has 1 N–H and O–H groups in total. The standard InChI is InChI=1S/C18H20BrNO3.K.H/c1-12(2)11-16(18(21)22)23-17(15-5-3-4-10-20-15)13-6-8-14(19)9-7-13;;/h3-10,12,16-17H,11H2,1-2H3,(H,21,22);;/q;+1;-1. The smallest absolute Gasteiger partial charge is 1.00 e. The van der Waals surface area contributed by atoms with Crippen molar-refractivity contribution in [2.24, 2.45) is 5.92 Å². The van der Waals surface area contributed by atoms with E-state index in [0.29, 0.717) is 12.1 Å². The van der Waals surface area contributed by atoms with E-state index in [2.05, 4.69) is 20.9 Å². The minimum Gasteiger partial charge on any atom is -1.00 e. The van der Waals surface area contributed by atoms with Crippen LogP contribution in [0.4, 0.5) is 0 Å². The fourth-order valence-corrected chi connectivity index (χ4v) is 2.56. The Labute approximate surface area is 195 Å². The van der Waals surface area contributed by atoms with Crippen molar-refractivity contribution in [3.63, 3.8) is 0 Å². The van der Waals surface area contributed by atoms with E-state index in [4.69, 9.17) is 4.74 Å². The summed E-state index contributed by atoms with van der Waals surface area (Å²) in [7, 11) is 0. The Kier molecular flexibility index (Phi) is 9.89. The Balaban J connectivity index is 0.00000288. The van der Waals surface area contributed by atoms with Crippen LogP contribution in [0, 0.1) is 5.92 Å². The van der Waals surface area contributed by atoms with Crippen LogP contribution in [0.15, 0.2) is 53.1 Å². The molecule has 0 spiro atoms. The number of halogens is 1. The number of carboxylic acid groups (broad SMARTS) is 1. The molecule has 0 aliphatic rings. The van der Waals surface area contributed by atoms with Crippen molar-refractivity contribution in [2.45, 2.75) is 32.5 Å². The number of benzene rings is 1. The summed E-state index contributed by atoms with van der Waals surface area (Å²) >= 11 is 3.41. The molecule has 0 saturated heterocycles. The third kappa shape index (κ3) is 6.67. The van der Waals surface area contributed by atoms with Gasteiger partial charge in [0.2, 0.25) is 0 Å². The molecule has 124 valence electrons. The second-order valence-corrected chi connectivity index (χ2v) is 6.69. The van der Waals surface area contributed by atoms with Crippen molar-refractivity contribution >= 4 is 21.9 Å². The first kappa shape index (κ1) is 22.0. The van der Waals surface area contributed by atoms with Gasteiger partial charge >= 0.3 is 57.4 Å². The van der Waals surface area contributed by atoms with E-state index in [-0.39, 0.29) is 58.7 Å². The average Bonchev–Trinajstić information content (AvgIpc) is 2.53. The molecule has 2 rings (SSSR count). The SMILES string of the molecule is CC(C)CC(OC(c1ccc(Br)cc1)c1ccccn1)C(=O)O.[H-].[K+]. The fraction of sp³-hybridized carbons (Fsp3) is 0.333. The van der Waals surface area contributed by atoms with E-state index in [1.807, 2.05) is 56.3 Å². The van der Waals surface area contributed by atoms with Gasteiger partial charge in [-0.15, -0.1) is 0 Å². The van der Waals surface area contributed by atoms with E-state index in [9.17, 15) is 9.90 Å². The van der Waals surface area contributed by atoms with Crippen molar-refractivity contribution in [1.82, 2.24) is 4.98 Å². The van der Waals surface area contributed by atoms with Crippen molar-refractivity contribution < 1.29 is 67.4 Å². The van der Waals surface area contributed by atoms with Crippen LogP contribution >= 0.6 is 15.9 Å². The van der Waals surface area contributed by atoms with Gasteiger partial charge in [0.15, 0.2) is 6.10 Å². The van der Waals surface area contributed by atoms with Gasteiger partial charge in [0, 0.05) is 10.7 Å². The summed E-state index contributed by atoms with van der Waals surface area (Å²) in [5, 5.41) is 9.46. The minimum absolute atomic E-state index is 0. The van der Waals surface area contributed by atoms with Gasteiger partial charge in [0.1, 0.15) is 6.10 Å². The molecular formula is C18H21BrKNO3. The maximum Gasteiger partial charge on any atom is 1.00 e. The third-order valence-corrected chi connectivity index (χ3v) is 3.92. The quantitative estimate of drug-likeness (QED) is 0.694. The van der Waals surface area contributed by atoms with Crippen LogP contribution in [-0.4, -0.2) is 22.2 Å². The molecule has 2 atom stereocenters. The minimum atomic E-state index is -0.947. The first-order chi connectivity index (χ1) is 11.0. The van der Waals surface area contributed by atoms with Crippen molar-refractivity contribution in [3.05, 3.63) is 64.4 Å². The number of nitrogens with zero attached hydrogens (tertiary/aromatic N) is 1. The van der Waals surface area contributed by atoms with Crippen molar-refractivity contribution in [1.29, 1.82) is 0 Å². The van der Waals surface area contributed by atoms with Crippen LogP contribution in [0.25, 0.3) is 0 Å². The molecule has 2 unspecified atom stereocenters. The second-order valence-electron chi connectivity index (χ2n) is 5.78. The largest absolute Gasteiger partial charge is 1.00 e. The Hall–Kier alpha value is -0.0836. The Morgan fingerprint density at radius 2 is 1.92 bits per heavy atom. The molecule has 4 nitrogen and oxygen atoms in total. The summed E-state index contributed by atoms with van der Waals surface area (Å²) in [6.45, 7) is 3.96. The molecule has 0 aliphatic carbocycles. The molecule has 0 aliphatic heterocycles. The van der Waals surface area contributed by atoms with Crippen molar-refractivity contribution in [2.75, 3.05) is 0 Å². The zero-order valence-electron chi connectivity index (χ0n) is 15.1. The molecule has 0 bridgehead atoms. The number of hydrogen-bond acceptors (Lipinski definition) is 3. The van der Waals surface area contributed by atoms with E-state index < -0.39 is 18.2 Å². The van der Waals surface area contributed by atoms with Crippen LogP contribution in [0.1, 0.15) is 39.1 Å². The number of aromatic nitrogens is 1. The van der Waals surface area contributed by atoms with Crippen LogP contribution in [0.3, 0.4) is 0 Å². The van der Waals surface area contributed by atoms with Crippen LogP contribution in [0.2, 0.25) is 0 Å². The van der Waals surface area contributed by atoms with Gasteiger partial charge in [0.25, 0.3) is 0 Å². The van der Waals surface area contributed by atoms with Gasteiger partial charge in [-0.05, 0) is 42.2 Å². The average molecular weight is 418 g/mol. The molecule has 0 amide bonds. The maximum atomic E-state index is 11.5. The summed E-state index contributed by atoms with van der Waals surface area (Å²) in [6, 6.07) is 13.2. The number of aliphatic carboxylic acids is 1. The normalized spacial score (nSPS) is 13.2. The summed E-state index contributed by atoms with van der Waals surface area (Å²) in [6.07, 6.45) is 0.757. The summed E-state index contributed by atoms with van der Waals surface area (Å²) < 4.78 is 6.91. The van der Waals surface area contributed by atoms with E-state index >= 15 is 0 Å². The zero-order valence-corrected chi connectivity index (χ0v) is 18.9. The van der Waals surface area contributed by atoms with Gasteiger partial charge in [0.05, 0.1) is 5.69 Å². The van der Waals surface area contributed by atoms with Gasteiger partial charge in [-0.2, -0.15) is 0 Å². The van der Waals surface area contributed by atoms with Gasteiger partial charge in [-0.3, -0.25) is 4.98 Å². The molecule has 2 aromatic rings. The number of ether oxygens (including phenoxy) is 1. The molecule has 6 heteroatoms. The van der Waals surface area contributed by atoms with Crippen LogP contribution < -0.4 is 51.4 Å². The van der Waals surface area contributed by atoms with Gasteiger partial charge in [-0.1, -0.05) is 48.0 Å². The number of carboxylic acids is 1. The van der Waals surface area contributed by atoms with E-state index in [1.54, 1.807) is 6.20 Å². The van der Waals surface area contributed by atoms with Crippen LogP contribution in [-0.2, 0) is 9.53 Å². The number of rotatable bonds is 7. The van der Waals surface area contributed by atoms with Gasteiger partial charge < -0.3 is 11.3 Å².